The summed E-state index contributed by atoms with van der Waals surface area (Å²) in [5, 5.41) is 3.64. The van der Waals surface area contributed by atoms with Gasteiger partial charge in [0.1, 0.15) is 5.58 Å². The summed E-state index contributed by atoms with van der Waals surface area (Å²) >= 11 is 0. The van der Waals surface area contributed by atoms with Gasteiger partial charge in [-0.2, -0.15) is 0 Å². The van der Waals surface area contributed by atoms with E-state index >= 15 is 0 Å². The Balaban J connectivity index is 1.59. The first-order valence-electron chi connectivity index (χ1n) is 9.76. The van der Waals surface area contributed by atoms with Gasteiger partial charge >= 0.3 is 5.97 Å². The smallest absolute Gasteiger partial charge is 0.375 e. The van der Waals surface area contributed by atoms with E-state index < -0.39 is 12.1 Å². The predicted octanol–water partition coefficient (Wildman–Crippen LogP) is 4.13. The number of rotatable bonds is 8. The average molecular weight is 385 g/mol. The van der Waals surface area contributed by atoms with Crippen molar-refractivity contribution >= 4 is 22.8 Å². The Bertz CT molecular complexity index is 867. The van der Waals surface area contributed by atoms with Crippen molar-refractivity contribution in [1.29, 1.82) is 0 Å². The van der Waals surface area contributed by atoms with E-state index in [9.17, 15) is 9.59 Å². The molecular weight excluding hydrogens is 358 g/mol. The number of ether oxygens (including phenoxy) is 2. The van der Waals surface area contributed by atoms with E-state index in [2.05, 4.69) is 11.4 Å². The highest BCUT2D eigenvalue weighted by Gasteiger charge is 2.25. The van der Waals surface area contributed by atoms with Gasteiger partial charge < -0.3 is 19.2 Å². The Morgan fingerprint density at radius 1 is 1.25 bits per heavy atom. The first kappa shape index (κ1) is 20.1. The Morgan fingerprint density at radius 2 is 2.07 bits per heavy atom. The topological polar surface area (TPSA) is 77.8 Å². The second-order valence-electron chi connectivity index (χ2n) is 7.04. The van der Waals surface area contributed by atoms with Crippen LogP contribution in [0.25, 0.3) is 11.0 Å². The van der Waals surface area contributed by atoms with Gasteiger partial charge in [-0.05, 0) is 45.1 Å². The molecule has 1 amide bonds. The molecule has 1 heterocycles. The number of fused-ring (bicyclic) bond motifs is 1. The summed E-state index contributed by atoms with van der Waals surface area (Å²) in [7, 11) is 1.55. The molecule has 0 fully saturated rings. The lowest BCUT2D eigenvalue weighted by molar-refractivity contribution is -0.129. The summed E-state index contributed by atoms with van der Waals surface area (Å²) in [4.78, 5) is 24.9. The van der Waals surface area contributed by atoms with Crippen LogP contribution in [-0.2, 0) is 20.9 Å². The highest BCUT2D eigenvalue weighted by atomic mass is 16.6. The van der Waals surface area contributed by atoms with E-state index in [4.69, 9.17) is 13.9 Å². The Hall–Kier alpha value is -2.60. The summed E-state index contributed by atoms with van der Waals surface area (Å²) in [5.41, 5.74) is 2.60. The van der Waals surface area contributed by atoms with Crippen molar-refractivity contribution in [2.45, 2.75) is 51.7 Å². The minimum atomic E-state index is -0.906. The zero-order chi connectivity index (χ0) is 19.9. The molecule has 1 unspecified atom stereocenters. The predicted molar refractivity (Wildman–Crippen MR) is 106 cm³/mol. The third kappa shape index (κ3) is 4.81. The molecular formula is C22H27NO5. The number of allylic oxidation sites excluding steroid dienone is 1. The summed E-state index contributed by atoms with van der Waals surface area (Å²) in [5.74, 6) is -0.898. The second-order valence-corrected chi connectivity index (χ2v) is 7.04. The molecule has 28 heavy (non-hydrogen) atoms. The number of esters is 1. The van der Waals surface area contributed by atoms with E-state index in [-0.39, 0.29) is 18.3 Å². The van der Waals surface area contributed by atoms with Gasteiger partial charge in [0.05, 0.1) is 6.61 Å². The monoisotopic (exact) mass is 385 g/mol. The molecule has 1 aliphatic carbocycles. The van der Waals surface area contributed by atoms with Crippen LogP contribution in [0.5, 0.6) is 0 Å². The van der Waals surface area contributed by atoms with E-state index in [0.717, 1.165) is 24.6 Å². The molecule has 150 valence electrons. The van der Waals surface area contributed by atoms with Gasteiger partial charge in [-0.1, -0.05) is 29.8 Å². The Kier molecular flexibility index (Phi) is 6.87. The van der Waals surface area contributed by atoms with Crippen LogP contribution in [0.2, 0.25) is 0 Å². The maximum absolute atomic E-state index is 12.6. The summed E-state index contributed by atoms with van der Waals surface area (Å²) in [6, 6.07) is 7.33. The van der Waals surface area contributed by atoms with Crippen LogP contribution in [0, 0.1) is 0 Å². The molecule has 1 aromatic carbocycles. The fraction of sp³-hybridized carbons (Fsp3) is 0.455. The molecule has 0 saturated heterocycles. The first-order valence-corrected chi connectivity index (χ1v) is 9.76. The van der Waals surface area contributed by atoms with E-state index in [0.29, 0.717) is 17.7 Å². The molecule has 0 spiro atoms. The molecule has 0 bridgehead atoms. The lowest BCUT2D eigenvalue weighted by atomic mass is 9.97. The van der Waals surface area contributed by atoms with Gasteiger partial charge in [0.15, 0.2) is 6.10 Å². The Labute approximate surface area is 164 Å². The summed E-state index contributed by atoms with van der Waals surface area (Å²) < 4.78 is 16.2. The summed E-state index contributed by atoms with van der Waals surface area (Å²) in [6.45, 7) is 2.33. The number of carbonyl (C=O) groups excluding carboxylic acids is 2. The molecule has 3 rings (SSSR count). The zero-order valence-electron chi connectivity index (χ0n) is 16.5. The number of nitrogens with one attached hydrogen (secondary N) is 1. The van der Waals surface area contributed by atoms with Crippen LogP contribution in [-0.4, -0.2) is 31.6 Å². The van der Waals surface area contributed by atoms with E-state index in [1.807, 2.05) is 18.2 Å². The number of hydrogen-bond acceptors (Lipinski definition) is 5. The molecule has 1 atom stereocenters. The van der Waals surface area contributed by atoms with Crippen molar-refractivity contribution in [2.24, 2.45) is 0 Å². The third-order valence-electron chi connectivity index (χ3n) is 4.96. The quantitative estimate of drug-likeness (QED) is 0.546. The number of carbonyl (C=O) groups is 2. The Morgan fingerprint density at radius 3 is 2.82 bits per heavy atom. The first-order chi connectivity index (χ1) is 13.6. The lowest BCUT2D eigenvalue weighted by Crippen LogP contribution is -2.36. The number of amides is 1. The van der Waals surface area contributed by atoms with Gasteiger partial charge in [0.2, 0.25) is 5.76 Å². The van der Waals surface area contributed by atoms with Gasteiger partial charge in [-0.25, -0.2) is 4.79 Å². The van der Waals surface area contributed by atoms with Crippen molar-refractivity contribution in [1.82, 2.24) is 5.32 Å². The van der Waals surface area contributed by atoms with Gasteiger partial charge in [-0.15, -0.1) is 0 Å². The minimum Gasteiger partial charge on any atom is -0.449 e. The van der Waals surface area contributed by atoms with Gasteiger partial charge in [0.25, 0.3) is 5.91 Å². The fourth-order valence-electron chi connectivity index (χ4n) is 3.44. The molecule has 6 heteroatoms. The molecule has 2 aromatic rings. The lowest BCUT2D eigenvalue weighted by Gasteiger charge is -2.15. The van der Waals surface area contributed by atoms with Crippen molar-refractivity contribution < 1.29 is 23.5 Å². The molecule has 6 nitrogen and oxygen atoms in total. The van der Waals surface area contributed by atoms with Crippen LogP contribution in [0.4, 0.5) is 0 Å². The highest BCUT2D eigenvalue weighted by Crippen LogP contribution is 2.27. The fourth-order valence-corrected chi connectivity index (χ4v) is 3.44. The maximum atomic E-state index is 12.6. The SMILES string of the molecule is COCc1c(C(=O)OC(C)C(=O)NCCC2=CCCCC2)oc2ccccc12. The largest absolute Gasteiger partial charge is 0.449 e. The van der Waals surface area contributed by atoms with Crippen LogP contribution >= 0.6 is 0 Å². The van der Waals surface area contributed by atoms with Crippen molar-refractivity contribution in [2.75, 3.05) is 13.7 Å². The van der Waals surface area contributed by atoms with E-state index in [1.54, 1.807) is 20.1 Å². The van der Waals surface area contributed by atoms with Crippen LogP contribution < -0.4 is 5.32 Å². The molecule has 1 aromatic heterocycles. The van der Waals surface area contributed by atoms with Crippen LogP contribution in [0.3, 0.4) is 0 Å². The molecule has 1 aliphatic rings. The number of furan rings is 1. The average Bonchev–Trinajstić information content (AvgIpc) is 3.08. The number of benzene rings is 1. The van der Waals surface area contributed by atoms with Crippen molar-refractivity contribution in [3.8, 4) is 0 Å². The maximum Gasteiger partial charge on any atom is 0.375 e. The van der Waals surface area contributed by atoms with E-state index in [1.165, 1.54) is 18.4 Å². The molecule has 1 N–H and O–H groups in total. The minimum absolute atomic E-state index is 0.0788. The number of methoxy groups -OCH3 is 1. The molecule has 0 saturated carbocycles. The summed E-state index contributed by atoms with van der Waals surface area (Å²) in [6.07, 6.45) is 6.89. The van der Waals surface area contributed by atoms with Crippen LogP contribution in [0.1, 0.15) is 55.1 Å². The van der Waals surface area contributed by atoms with Gasteiger partial charge in [0, 0.05) is 24.6 Å². The number of para-hydroxylation sites is 1. The third-order valence-corrected chi connectivity index (χ3v) is 4.96. The van der Waals surface area contributed by atoms with Crippen molar-refractivity contribution in [3.05, 3.63) is 47.2 Å². The number of hydrogen-bond donors (Lipinski definition) is 1. The second kappa shape index (κ2) is 9.55. The zero-order valence-corrected chi connectivity index (χ0v) is 16.5. The van der Waals surface area contributed by atoms with Crippen LogP contribution in [0.15, 0.2) is 40.3 Å². The van der Waals surface area contributed by atoms with Gasteiger partial charge in [-0.3, -0.25) is 4.79 Å². The van der Waals surface area contributed by atoms with Crippen molar-refractivity contribution in [3.63, 3.8) is 0 Å². The standard InChI is InChI=1S/C22H27NO5/c1-15(21(24)23-13-12-16-8-4-3-5-9-16)27-22(25)20-18(14-26-2)17-10-6-7-11-19(17)28-20/h6-8,10-11,15H,3-5,9,12-14H2,1-2H3,(H,23,24). The molecule has 0 radical (unpaired) electrons. The highest BCUT2D eigenvalue weighted by molar-refractivity contribution is 5.97. The normalized spacial score (nSPS) is 15.1. The molecule has 0 aliphatic heterocycles.